The Hall–Kier alpha value is -3.02. The summed E-state index contributed by atoms with van der Waals surface area (Å²) in [6.45, 7) is 1.81. The lowest BCUT2D eigenvalue weighted by Gasteiger charge is -2.15. The Morgan fingerprint density at radius 2 is 1.62 bits per heavy atom. The summed E-state index contributed by atoms with van der Waals surface area (Å²) >= 11 is 0. The van der Waals surface area contributed by atoms with Crippen molar-refractivity contribution in [3.8, 4) is 5.75 Å². The van der Waals surface area contributed by atoms with Crippen LogP contribution >= 0.6 is 0 Å². The minimum absolute atomic E-state index is 0.0903. The van der Waals surface area contributed by atoms with Gasteiger partial charge < -0.3 is 14.8 Å². The molecule has 0 saturated heterocycles. The van der Waals surface area contributed by atoms with E-state index in [9.17, 15) is 9.59 Å². The molecule has 0 aromatic heterocycles. The molecule has 126 valence electrons. The molecule has 0 bridgehead atoms. The normalized spacial score (nSPS) is 11.2. The average Bonchev–Trinajstić information content (AvgIpc) is 2.60. The Kier molecular flexibility index (Phi) is 6.64. The summed E-state index contributed by atoms with van der Waals surface area (Å²) in [5, 5.41) is 5.26. The van der Waals surface area contributed by atoms with Gasteiger partial charge in [0.05, 0.1) is 6.54 Å². The maximum absolute atomic E-state index is 11.7. The monoisotopic (exact) mass is 328 g/mol. The second-order valence-corrected chi connectivity index (χ2v) is 5.11. The zero-order valence-corrected chi connectivity index (χ0v) is 13.4. The third kappa shape index (κ3) is 6.39. The van der Waals surface area contributed by atoms with Crippen molar-refractivity contribution in [1.29, 1.82) is 0 Å². The van der Waals surface area contributed by atoms with E-state index in [4.69, 9.17) is 9.47 Å². The first-order valence-corrected chi connectivity index (χ1v) is 7.60. The highest BCUT2D eigenvalue weighted by atomic mass is 16.6. The number of carbonyl (C=O) groups is 2. The van der Waals surface area contributed by atoms with E-state index in [-0.39, 0.29) is 19.1 Å². The van der Waals surface area contributed by atoms with E-state index >= 15 is 0 Å². The van der Waals surface area contributed by atoms with Gasteiger partial charge in [-0.05, 0) is 31.2 Å². The molecule has 24 heavy (non-hydrogen) atoms. The van der Waals surface area contributed by atoms with Crippen LogP contribution in [0.3, 0.4) is 0 Å². The van der Waals surface area contributed by atoms with E-state index in [1.54, 1.807) is 31.2 Å². The molecule has 0 aliphatic carbocycles. The summed E-state index contributed by atoms with van der Waals surface area (Å²) < 4.78 is 10.5. The molecular weight excluding hydrogens is 308 g/mol. The Labute approximate surface area is 140 Å². The molecule has 0 aliphatic rings. The van der Waals surface area contributed by atoms with Crippen LogP contribution < -0.4 is 15.4 Å². The van der Waals surface area contributed by atoms with Crippen molar-refractivity contribution in [3.05, 3.63) is 60.7 Å². The Balaban J connectivity index is 1.64. The van der Waals surface area contributed by atoms with Gasteiger partial charge >= 0.3 is 6.09 Å². The first kappa shape index (κ1) is 17.3. The fourth-order valence-electron chi connectivity index (χ4n) is 1.87. The molecule has 0 saturated carbocycles. The van der Waals surface area contributed by atoms with Crippen molar-refractivity contribution < 1.29 is 19.1 Å². The van der Waals surface area contributed by atoms with Crippen LogP contribution in [0.5, 0.6) is 5.75 Å². The van der Waals surface area contributed by atoms with E-state index in [1.165, 1.54) is 0 Å². The number of amides is 2. The molecule has 0 fully saturated rings. The predicted octanol–water partition coefficient (Wildman–Crippen LogP) is 2.82. The number of nitrogens with one attached hydrogen (secondary N) is 2. The van der Waals surface area contributed by atoms with Crippen molar-refractivity contribution in [2.45, 2.75) is 13.0 Å². The van der Waals surface area contributed by atoms with E-state index in [0.717, 1.165) is 0 Å². The van der Waals surface area contributed by atoms with E-state index in [2.05, 4.69) is 10.6 Å². The highest BCUT2D eigenvalue weighted by molar-refractivity contribution is 5.84. The number of rotatable bonds is 7. The second kappa shape index (κ2) is 9.19. The molecular formula is C18H20N2O4. The molecule has 6 heteroatoms. The van der Waals surface area contributed by atoms with Crippen molar-refractivity contribution in [3.63, 3.8) is 0 Å². The molecule has 0 radical (unpaired) electrons. The van der Waals surface area contributed by atoms with Crippen LogP contribution in [0.1, 0.15) is 6.92 Å². The fourth-order valence-corrected chi connectivity index (χ4v) is 1.87. The van der Waals surface area contributed by atoms with Gasteiger partial charge in [0.15, 0.2) is 6.61 Å². The smallest absolute Gasteiger partial charge is 0.411 e. The van der Waals surface area contributed by atoms with Gasteiger partial charge in [0.25, 0.3) is 5.91 Å². The second-order valence-electron chi connectivity index (χ2n) is 5.11. The molecule has 1 atom stereocenters. The van der Waals surface area contributed by atoms with Crippen LogP contribution in [0.2, 0.25) is 0 Å². The standard InChI is InChI=1S/C18H20N2O4/c1-14(24-18(22)20-15-8-4-2-5-9-15)12-19-17(21)13-23-16-10-6-3-7-11-16/h2-11,14H,12-13H2,1H3,(H,19,21)(H,20,22)/t14-/m1/s1. The number of hydrogen-bond donors (Lipinski definition) is 2. The van der Waals surface area contributed by atoms with Gasteiger partial charge in [-0.2, -0.15) is 0 Å². The van der Waals surface area contributed by atoms with Crippen LogP contribution in [-0.2, 0) is 9.53 Å². The van der Waals surface area contributed by atoms with Gasteiger partial charge in [-0.15, -0.1) is 0 Å². The van der Waals surface area contributed by atoms with Gasteiger partial charge in [-0.25, -0.2) is 4.79 Å². The first-order chi connectivity index (χ1) is 11.6. The topological polar surface area (TPSA) is 76.7 Å². The quantitative estimate of drug-likeness (QED) is 0.819. The summed E-state index contributed by atoms with van der Waals surface area (Å²) in [6, 6.07) is 18.1. The fraction of sp³-hybridized carbons (Fsp3) is 0.222. The van der Waals surface area contributed by atoms with Crippen LogP contribution in [0.4, 0.5) is 10.5 Å². The summed E-state index contributed by atoms with van der Waals surface area (Å²) in [5.74, 6) is 0.344. The lowest BCUT2D eigenvalue weighted by atomic mass is 10.3. The van der Waals surface area contributed by atoms with Crippen molar-refractivity contribution >= 4 is 17.7 Å². The predicted molar refractivity (Wildman–Crippen MR) is 91.0 cm³/mol. The SMILES string of the molecule is C[C@H](CNC(=O)COc1ccccc1)OC(=O)Nc1ccccc1. The Morgan fingerprint density at radius 1 is 1.00 bits per heavy atom. The minimum Gasteiger partial charge on any atom is -0.484 e. The van der Waals surface area contributed by atoms with E-state index in [1.807, 2.05) is 36.4 Å². The van der Waals surface area contributed by atoms with Gasteiger partial charge in [-0.1, -0.05) is 36.4 Å². The molecule has 2 N–H and O–H groups in total. The largest absolute Gasteiger partial charge is 0.484 e. The van der Waals surface area contributed by atoms with Gasteiger partial charge in [0.1, 0.15) is 11.9 Å². The summed E-state index contributed by atoms with van der Waals surface area (Å²) in [6.07, 6.45) is -1.03. The third-order valence-corrected chi connectivity index (χ3v) is 3.03. The zero-order valence-electron chi connectivity index (χ0n) is 13.4. The van der Waals surface area contributed by atoms with Gasteiger partial charge in [-0.3, -0.25) is 10.1 Å². The molecule has 6 nitrogen and oxygen atoms in total. The number of benzene rings is 2. The van der Waals surface area contributed by atoms with E-state index < -0.39 is 12.2 Å². The lowest BCUT2D eigenvalue weighted by Crippen LogP contribution is -2.36. The van der Waals surface area contributed by atoms with Crippen LogP contribution in [0, 0.1) is 0 Å². The number of anilines is 1. The Morgan fingerprint density at radius 3 is 2.29 bits per heavy atom. The number of hydrogen-bond acceptors (Lipinski definition) is 4. The number of ether oxygens (including phenoxy) is 2. The highest BCUT2D eigenvalue weighted by Crippen LogP contribution is 2.08. The van der Waals surface area contributed by atoms with Crippen LogP contribution in [-0.4, -0.2) is 31.3 Å². The molecule has 0 aliphatic heterocycles. The highest BCUT2D eigenvalue weighted by Gasteiger charge is 2.11. The minimum atomic E-state index is -0.566. The summed E-state index contributed by atoms with van der Waals surface area (Å²) in [5.41, 5.74) is 0.648. The van der Waals surface area contributed by atoms with Crippen molar-refractivity contribution in [2.75, 3.05) is 18.5 Å². The number of carbonyl (C=O) groups excluding carboxylic acids is 2. The molecule has 0 unspecified atom stereocenters. The molecule has 0 spiro atoms. The third-order valence-electron chi connectivity index (χ3n) is 3.03. The molecule has 2 aromatic carbocycles. The van der Waals surface area contributed by atoms with Crippen molar-refractivity contribution in [1.82, 2.24) is 5.32 Å². The van der Waals surface area contributed by atoms with Gasteiger partial charge in [0.2, 0.25) is 0 Å². The molecule has 2 amide bonds. The maximum atomic E-state index is 11.7. The lowest BCUT2D eigenvalue weighted by molar-refractivity contribution is -0.123. The van der Waals surface area contributed by atoms with Crippen LogP contribution in [0.25, 0.3) is 0 Å². The summed E-state index contributed by atoms with van der Waals surface area (Å²) in [7, 11) is 0. The average molecular weight is 328 g/mol. The first-order valence-electron chi connectivity index (χ1n) is 7.60. The zero-order chi connectivity index (χ0) is 17.2. The van der Waals surface area contributed by atoms with Crippen LogP contribution in [0.15, 0.2) is 60.7 Å². The number of para-hydroxylation sites is 2. The summed E-state index contributed by atoms with van der Waals surface area (Å²) in [4.78, 5) is 23.4. The molecule has 0 heterocycles. The Bertz CT molecular complexity index is 647. The van der Waals surface area contributed by atoms with Crippen molar-refractivity contribution in [2.24, 2.45) is 0 Å². The van der Waals surface area contributed by atoms with Gasteiger partial charge in [0, 0.05) is 5.69 Å². The maximum Gasteiger partial charge on any atom is 0.411 e. The molecule has 2 rings (SSSR count). The molecule has 2 aromatic rings. The van der Waals surface area contributed by atoms with E-state index in [0.29, 0.717) is 11.4 Å².